The molecule has 0 aliphatic heterocycles. The number of aliphatic hydroxyl groups excluding tert-OH is 2. The van der Waals surface area contributed by atoms with Crippen LogP contribution >= 0.6 is 0 Å². The first kappa shape index (κ1) is 12.3. The van der Waals surface area contributed by atoms with Crippen LogP contribution in [0.2, 0.25) is 0 Å². The Labute approximate surface area is 139 Å². The van der Waals surface area contributed by atoms with Crippen molar-refractivity contribution in [3.63, 3.8) is 0 Å². The Bertz CT molecular complexity index is 550. The Morgan fingerprint density at radius 2 is 1.73 bits per heavy atom. The van der Waals surface area contributed by atoms with E-state index >= 15 is 0 Å². The lowest BCUT2D eigenvalue weighted by Crippen LogP contribution is -2.58. The van der Waals surface area contributed by atoms with Gasteiger partial charge in [0.1, 0.15) is 0 Å². The third-order valence-electron chi connectivity index (χ3n) is 8.78. The molecule has 0 aromatic carbocycles. The first-order chi connectivity index (χ1) is 11.6. The molecule has 8 atom stereocenters. The first-order valence-corrected chi connectivity index (χ1v) is 9.41. The van der Waals surface area contributed by atoms with Crippen LogP contribution in [0.3, 0.4) is 0 Å². The summed E-state index contributed by atoms with van der Waals surface area (Å²) >= 11 is 0. The molecule has 4 fully saturated rings. The van der Waals surface area contributed by atoms with Crippen LogP contribution in [-0.2, 0) is 0 Å². The van der Waals surface area contributed by atoms with Crippen LogP contribution < -0.4 is 0 Å². The molecule has 2 nitrogen and oxygen atoms in total. The molecule has 0 aromatic heterocycles. The average molecular weight is 310 g/mol. The van der Waals surface area contributed by atoms with Gasteiger partial charge in [0, 0.05) is 4.11 Å². The summed E-state index contributed by atoms with van der Waals surface area (Å²) < 4.78 is 25.1. The molecule has 0 spiro atoms. The minimum atomic E-state index is -2.01. The second-order valence-corrected chi connectivity index (χ2v) is 9.45. The van der Waals surface area contributed by atoms with E-state index in [1.807, 2.05) is 0 Å². The lowest BCUT2D eigenvalue weighted by atomic mass is 9.40. The second-order valence-electron chi connectivity index (χ2n) is 9.45. The van der Waals surface area contributed by atoms with Gasteiger partial charge in [-0.3, -0.25) is 0 Å². The molecule has 0 heterocycles. The number of rotatable bonds is 0. The number of hydrogen-bond acceptors (Lipinski definition) is 2. The predicted octanol–water partition coefficient (Wildman–Crippen LogP) is 4.14. The molecule has 0 aromatic rings. The van der Waals surface area contributed by atoms with E-state index in [2.05, 4.69) is 13.8 Å². The molecule has 2 N–H and O–H groups in total. The van der Waals surface area contributed by atoms with Crippen LogP contribution in [0.25, 0.3) is 0 Å². The maximum absolute atomic E-state index is 10.6. The fourth-order valence-corrected chi connectivity index (χ4v) is 7.24. The Balaban J connectivity index is 1.73. The largest absolute Gasteiger partial charge is 0.393 e. The van der Waals surface area contributed by atoms with Gasteiger partial charge in [-0.15, -0.1) is 0 Å². The number of hydrogen-bond donors (Lipinski definition) is 2. The zero-order valence-electron chi connectivity index (χ0n) is 17.1. The average Bonchev–Trinajstić information content (AvgIpc) is 2.82. The van der Waals surface area contributed by atoms with Crippen molar-refractivity contribution < 1.29 is 14.3 Å². The fourth-order valence-electron chi connectivity index (χ4n) is 7.24. The molecule has 0 amide bonds. The van der Waals surface area contributed by atoms with Gasteiger partial charge in [0.05, 0.1) is 12.2 Å². The fraction of sp³-hybridized carbons (Fsp3) is 1.00. The highest BCUT2D eigenvalue weighted by molar-refractivity contribution is 5.12. The van der Waals surface area contributed by atoms with Crippen molar-refractivity contribution in [2.45, 2.75) is 90.7 Å². The van der Waals surface area contributed by atoms with Crippen molar-refractivity contribution in [2.75, 3.05) is 0 Å². The monoisotopic (exact) mass is 309 g/mol. The SMILES string of the molecule is [2H]C([2H])([2H])[C@@]12CC[C@H]3[C@@H]4CC[C@H](O)[C@@]4(C)CC[C@@H]3[C@@]1(C)CCC(O)C2. The summed E-state index contributed by atoms with van der Waals surface area (Å²) in [6.07, 6.45) is 7.09. The lowest BCUT2D eigenvalue weighted by molar-refractivity contribution is -0.173. The Morgan fingerprint density at radius 1 is 0.909 bits per heavy atom. The van der Waals surface area contributed by atoms with Gasteiger partial charge in [-0.2, -0.15) is 0 Å². The van der Waals surface area contributed by atoms with Crippen LogP contribution in [0.5, 0.6) is 0 Å². The summed E-state index contributed by atoms with van der Waals surface area (Å²) in [5, 5.41) is 20.9. The Morgan fingerprint density at radius 3 is 2.50 bits per heavy atom. The highest BCUT2D eigenvalue weighted by atomic mass is 16.3. The summed E-state index contributed by atoms with van der Waals surface area (Å²) in [6.45, 7) is 2.49. The quantitative estimate of drug-likeness (QED) is 0.706. The minimum Gasteiger partial charge on any atom is -0.393 e. The van der Waals surface area contributed by atoms with Gasteiger partial charge in [-0.05, 0) is 91.8 Å². The third-order valence-corrected chi connectivity index (χ3v) is 8.78. The van der Waals surface area contributed by atoms with Gasteiger partial charge in [0.2, 0.25) is 0 Å². The van der Waals surface area contributed by atoms with E-state index in [1.54, 1.807) is 0 Å². The smallest absolute Gasteiger partial charge is 0.0596 e. The molecule has 4 rings (SSSR count). The normalized spacial score (nSPS) is 63.8. The Kier molecular flexibility index (Phi) is 2.64. The molecule has 2 heteroatoms. The van der Waals surface area contributed by atoms with E-state index in [0.717, 1.165) is 44.9 Å². The number of fused-ring (bicyclic) bond motifs is 5. The van der Waals surface area contributed by atoms with Gasteiger partial charge in [-0.25, -0.2) is 0 Å². The molecule has 0 saturated heterocycles. The van der Waals surface area contributed by atoms with E-state index in [9.17, 15) is 10.2 Å². The molecule has 4 aliphatic rings. The van der Waals surface area contributed by atoms with E-state index in [0.29, 0.717) is 30.6 Å². The molecule has 0 radical (unpaired) electrons. The van der Waals surface area contributed by atoms with E-state index in [1.165, 1.54) is 0 Å². The van der Waals surface area contributed by atoms with Crippen molar-refractivity contribution in [1.82, 2.24) is 0 Å². The van der Waals surface area contributed by atoms with Crippen molar-refractivity contribution in [3.05, 3.63) is 0 Å². The summed E-state index contributed by atoms with van der Waals surface area (Å²) in [7, 11) is 0. The molecule has 1 unspecified atom stereocenters. The number of aliphatic hydroxyl groups is 2. The molecule has 0 bridgehead atoms. The Hall–Kier alpha value is -0.0800. The van der Waals surface area contributed by atoms with E-state index < -0.39 is 18.4 Å². The molecule has 22 heavy (non-hydrogen) atoms. The first-order valence-electron chi connectivity index (χ1n) is 10.9. The molecular formula is C20H34O2. The third kappa shape index (κ3) is 1.80. The van der Waals surface area contributed by atoms with Gasteiger partial charge in [0.15, 0.2) is 0 Å². The summed E-state index contributed by atoms with van der Waals surface area (Å²) in [6, 6.07) is 0. The van der Waals surface area contributed by atoms with Gasteiger partial charge in [-0.1, -0.05) is 20.7 Å². The van der Waals surface area contributed by atoms with Gasteiger partial charge in [0.25, 0.3) is 0 Å². The van der Waals surface area contributed by atoms with Gasteiger partial charge < -0.3 is 10.2 Å². The van der Waals surface area contributed by atoms with E-state index in [-0.39, 0.29) is 16.9 Å². The van der Waals surface area contributed by atoms with Crippen LogP contribution in [0.1, 0.15) is 82.6 Å². The zero-order valence-corrected chi connectivity index (χ0v) is 14.1. The van der Waals surface area contributed by atoms with Crippen LogP contribution in [0, 0.1) is 34.0 Å². The van der Waals surface area contributed by atoms with Crippen LogP contribution in [-0.4, -0.2) is 22.4 Å². The molecular weight excluding hydrogens is 272 g/mol. The standard InChI is InChI=1S/C20H34O2/c1-18-9-7-14-15-4-5-17(22)19(15,2)10-8-16(14)20(18,3)11-6-13(21)12-18/h13-17,21-22H,4-12H2,1-3H3/t13?,14-,15-,16-,17-,18-,19-,20+/m0/s1/i1D3. The highest BCUT2D eigenvalue weighted by Gasteiger charge is 2.63. The summed E-state index contributed by atoms with van der Waals surface area (Å²) in [4.78, 5) is 0. The van der Waals surface area contributed by atoms with E-state index in [4.69, 9.17) is 4.11 Å². The minimum absolute atomic E-state index is 0.0334. The lowest BCUT2D eigenvalue weighted by Gasteiger charge is -2.65. The topological polar surface area (TPSA) is 40.5 Å². The second kappa shape index (κ2) is 4.72. The molecule has 4 aliphatic carbocycles. The van der Waals surface area contributed by atoms with Crippen LogP contribution in [0.4, 0.5) is 0 Å². The van der Waals surface area contributed by atoms with Crippen molar-refractivity contribution in [1.29, 1.82) is 0 Å². The zero-order chi connectivity index (χ0) is 18.3. The van der Waals surface area contributed by atoms with Gasteiger partial charge >= 0.3 is 0 Å². The summed E-state index contributed by atoms with van der Waals surface area (Å²) in [5.74, 6) is 1.52. The van der Waals surface area contributed by atoms with Crippen LogP contribution in [0.15, 0.2) is 0 Å². The summed E-state index contributed by atoms with van der Waals surface area (Å²) in [5.41, 5.74) is -0.912. The van der Waals surface area contributed by atoms with Crippen molar-refractivity contribution in [2.24, 2.45) is 34.0 Å². The highest BCUT2D eigenvalue weighted by Crippen LogP contribution is 2.69. The maximum Gasteiger partial charge on any atom is 0.0596 e. The molecule has 126 valence electrons. The predicted molar refractivity (Wildman–Crippen MR) is 88.4 cm³/mol. The maximum atomic E-state index is 10.6. The van der Waals surface area contributed by atoms with Crippen molar-refractivity contribution in [3.8, 4) is 0 Å². The van der Waals surface area contributed by atoms with Crippen molar-refractivity contribution >= 4 is 0 Å². The molecule has 4 saturated carbocycles.